The molecule has 0 aromatic heterocycles. The van der Waals surface area contributed by atoms with Crippen molar-refractivity contribution in [2.75, 3.05) is 7.11 Å². The summed E-state index contributed by atoms with van der Waals surface area (Å²) in [7, 11) is 1.51. The average Bonchev–Trinajstić information content (AvgIpc) is 2.97. The SMILES string of the molecule is COc1ccc(C(C)C)cc1-c1ccc(C(F)(F)F)cc1C1OC(=O)NC1C. The Balaban J connectivity index is 2.23. The number of ether oxygens (including phenoxy) is 2. The normalized spacial score (nSPS) is 19.5. The predicted octanol–water partition coefficient (Wildman–Crippen LogP) is 5.67. The summed E-state index contributed by atoms with van der Waals surface area (Å²) in [6.45, 7) is 5.76. The van der Waals surface area contributed by atoms with Crippen LogP contribution in [-0.4, -0.2) is 19.2 Å². The van der Waals surface area contributed by atoms with Crippen molar-refractivity contribution in [3.8, 4) is 16.9 Å². The molecule has 1 saturated heterocycles. The summed E-state index contributed by atoms with van der Waals surface area (Å²) in [6.07, 6.45) is -5.99. The van der Waals surface area contributed by atoms with Crippen LogP contribution in [0.15, 0.2) is 36.4 Å². The first-order valence-corrected chi connectivity index (χ1v) is 8.98. The number of hydrogen-bond donors (Lipinski definition) is 1. The largest absolute Gasteiger partial charge is 0.496 e. The second-order valence-electron chi connectivity index (χ2n) is 7.17. The lowest BCUT2D eigenvalue weighted by molar-refractivity contribution is -0.137. The molecule has 1 amide bonds. The average molecular weight is 393 g/mol. The van der Waals surface area contributed by atoms with Gasteiger partial charge in [-0.2, -0.15) is 13.2 Å². The first-order chi connectivity index (χ1) is 13.1. The molecule has 3 rings (SSSR count). The van der Waals surface area contributed by atoms with Gasteiger partial charge in [-0.25, -0.2) is 4.79 Å². The minimum absolute atomic E-state index is 0.229. The van der Waals surface area contributed by atoms with E-state index >= 15 is 0 Å². The zero-order valence-corrected chi connectivity index (χ0v) is 16.1. The molecule has 1 fully saturated rings. The van der Waals surface area contributed by atoms with E-state index in [1.807, 2.05) is 26.0 Å². The quantitative estimate of drug-likeness (QED) is 0.728. The maximum Gasteiger partial charge on any atom is 0.416 e. The van der Waals surface area contributed by atoms with E-state index < -0.39 is 30.0 Å². The lowest BCUT2D eigenvalue weighted by Crippen LogP contribution is -2.24. The highest BCUT2D eigenvalue weighted by Crippen LogP contribution is 2.42. The van der Waals surface area contributed by atoms with Gasteiger partial charge in [0.25, 0.3) is 0 Å². The minimum Gasteiger partial charge on any atom is -0.496 e. The molecule has 7 heteroatoms. The summed E-state index contributed by atoms with van der Waals surface area (Å²) in [5, 5.41) is 2.59. The van der Waals surface area contributed by atoms with Gasteiger partial charge in [0.2, 0.25) is 0 Å². The molecule has 0 radical (unpaired) electrons. The van der Waals surface area contributed by atoms with Crippen LogP contribution < -0.4 is 10.1 Å². The molecule has 2 unspecified atom stereocenters. The third-order valence-corrected chi connectivity index (χ3v) is 4.90. The zero-order chi connectivity index (χ0) is 20.6. The van der Waals surface area contributed by atoms with Crippen molar-refractivity contribution in [3.63, 3.8) is 0 Å². The van der Waals surface area contributed by atoms with E-state index in [4.69, 9.17) is 9.47 Å². The Labute approximate surface area is 161 Å². The molecule has 2 aromatic rings. The summed E-state index contributed by atoms with van der Waals surface area (Å²) in [4.78, 5) is 11.7. The number of carbonyl (C=O) groups is 1. The Hall–Kier alpha value is -2.70. The van der Waals surface area contributed by atoms with Crippen LogP contribution in [0.5, 0.6) is 5.75 Å². The van der Waals surface area contributed by atoms with Crippen LogP contribution in [0.25, 0.3) is 11.1 Å². The van der Waals surface area contributed by atoms with Crippen LogP contribution in [0.2, 0.25) is 0 Å². The highest BCUT2D eigenvalue weighted by Gasteiger charge is 2.37. The number of carbonyl (C=O) groups excluding carboxylic acids is 1. The van der Waals surface area contributed by atoms with Crippen molar-refractivity contribution in [3.05, 3.63) is 53.1 Å². The Kier molecular flexibility index (Phi) is 5.28. The zero-order valence-electron chi connectivity index (χ0n) is 16.1. The first-order valence-electron chi connectivity index (χ1n) is 8.98. The summed E-state index contributed by atoms with van der Waals surface area (Å²) in [5.74, 6) is 0.766. The van der Waals surface area contributed by atoms with Gasteiger partial charge < -0.3 is 14.8 Å². The molecule has 1 aliphatic heterocycles. The van der Waals surface area contributed by atoms with Crippen LogP contribution in [0.3, 0.4) is 0 Å². The smallest absolute Gasteiger partial charge is 0.416 e. The molecule has 0 saturated carbocycles. The van der Waals surface area contributed by atoms with Crippen molar-refractivity contribution >= 4 is 6.09 Å². The minimum atomic E-state index is -4.50. The molecular weight excluding hydrogens is 371 g/mol. The molecular formula is C21H22F3NO3. The monoisotopic (exact) mass is 393 g/mol. The maximum absolute atomic E-state index is 13.3. The van der Waals surface area contributed by atoms with Crippen LogP contribution in [0.1, 0.15) is 49.5 Å². The number of benzene rings is 2. The lowest BCUT2D eigenvalue weighted by atomic mass is 9.89. The summed E-state index contributed by atoms with van der Waals surface area (Å²) < 4.78 is 50.7. The van der Waals surface area contributed by atoms with Gasteiger partial charge in [-0.1, -0.05) is 26.0 Å². The molecule has 150 valence electrons. The Morgan fingerprint density at radius 3 is 2.36 bits per heavy atom. The second-order valence-corrected chi connectivity index (χ2v) is 7.17. The third-order valence-electron chi connectivity index (χ3n) is 4.90. The summed E-state index contributed by atoms with van der Waals surface area (Å²) in [6, 6.07) is 8.68. The summed E-state index contributed by atoms with van der Waals surface area (Å²) >= 11 is 0. The van der Waals surface area contributed by atoms with Gasteiger partial charge in [0.05, 0.1) is 18.7 Å². The van der Waals surface area contributed by atoms with E-state index in [1.165, 1.54) is 13.2 Å². The van der Waals surface area contributed by atoms with Gasteiger partial charge >= 0.3 is 12.3 Å². The Morgan fingerprint density at radius 1 is 1.11 bits per heavy atom. The number of rotatable bonds is 4. The molecule has 28 heavy (non-hydrogen) atoms. The fourth-order valence-electron chi connectivity index (χ4n) is 3.36. The van der Waals surface area contributed by atoms with Crippen LogP contribution >= 0.6 is 0 Å². The van der Waals surface area contributed by atoms with Gasteiger partial charge in [-0.05, 0) is 48.2 Å². The van der Waals surface area contributed by atoms with Crippen LogP contribution in [0.4, 0.5) is 18.0 Å². The van der Waals surface area contributed by atoms with Crippen LogP contribution in [-0.2, 0) is 10.9 Å². The second kappa shape index (κ2) is 7.37. The van der Waals surface area contributed by atoms with Crippen molar-refractivity contribution < 1.29 is 27.4 Å². The predicted molar refractivity (Wildman–Crippen MR) is 99.3 cm³/mol. The highest BCUT2D eigenvalue weighted by molar-refractivity contribution is 5.77. The third kappa shape index (κ3) is 3.79. The molecule has 0 bridgehead atoms. The molecule has 4 nitrogen and oxygen atoms in total. The Morgan fingerprint density at radius 2 is 1.82 bits per heavy atom. The highest BCUT2D eigenvalue weighted by atomic mass is 19.4. The van der Waals surface area contributed by atoms with Crippen molar-refractivity contribution in [2.24, 2.45) is 0 Å². The van der Waals surface area contributed by atoms with E-state index in [9.17, 15) is 18.0 Å². The number of alkyl halides is 3. The summed E-state index contributed by atoms with van der Waals surface area (Å²) in [5.41, 5.74) is 1.73. The standard InChI is InChI=1S/C21H22F3NO3/c1-11(2)13-5-8-18(27-4)16(9-13)15-7-6-14(21(22,23)24)10-17(15)19-12(3)25-20(26)28-19/h5-12,19H,1-4H3,(H,25,26). The lowest BCUT2D eigenvalue weighted by Gasteiger charge is -2.21. The van der Waals surface area contributed by atoms with E-state index in [0.717, 1.165) is 17.7 Å². The fourth-order valence-corrected chi connectivity index (χ4v) is 3.36. The molecule has 1 N–H and O–H groups in total. The molecule has 2 aromatic carbocycles. The van der Waals surface area contributed by atoms with E-state index in [-0.39, 0.29) is 5.92 Å². The van der Waals surface area contributed by atoms with Gasteiger partial charge in [-0.3, -0.25) is 0 Å². The van der Waals surface area contributed by atoms with Gasteiger partial charge in [0.1, 0.15) is 11.9 Å². The molecule has 2 atom stereocenters. The molecule has 0 aliphatic carbocycles. The first kappa shape index (κ1) is 20.0. The topological polar surface area (TPSA) is 47.6 Å². The number of hydrogen-bond acceptors (Lipinski definition) is 3. The van der Waals surface area contributed by atoms with E-state index in [2.05, 4.69) is 5.32 Å². The van der Waals surface area contributed by atoms with Gasteiger partial charge in [-0.15, -0.1) is 0 Å². The molecule has 1 aliphatic rings. The number of nitrogens with one attached hydrogen (secondary N) is 1. The number of cyclic esters (lactones) is 1. The molecule has 1 heterocycles. The van der Waals surface area contributed by atoms with Crippen molar-refractivity contribution in [1.82, 2.24) is 5.32 Å². The molecule has 0 spiro atoms. The number of alkyl carbamates (subject to hydrolysis) is 1. The van der Waals surface area contributed by atoms with E-state index in [1.54, 1.807) is 13.0 Å². The maximum atomic E-state index is 13.3. The van der Waals surface area contributed by atoms with Gasteiger partial charge in [0.15, 0.2) is 0 Å². The fraction of sp³-hybridized carbons (Fsp3) is 0.381. The van der Waals surface area contributed by atoms with Crippen molar-refractivity contribution in [1.29, 1.82) is 0 Å². The van der Waals surface area contributed by atoms with Crippen LogP contribution in [0, 0.1) is 0 Å². The number of amides is 1. The van der Waals surface area contributed by atoms with Gasteiger partial charge in [0, 0.05) is 11.1 Å². The number of halogens is 3. The Bertz CT molecular complexity index is 893. The van der Waals surface area contributed by atoms with E-state index in [0.29, 0.717) is 22.4 Å². The van der Waals surface area contributed by atoms with Crippen molar-refractivity contribution in [2.45, 2.75) is 45.0 Å². The number of methoxy groups -OCH3 is 1.